The summed E-state index contributed by atoms with van der Waals surface area (Å²) >= 11 is 0. The van der Waals surface area contributed by atoms with Crippen LogP contribution in [0.25, 0.3) is 22.2 Å². The van der Waals surface area contributed by atoms with Gasteiger partial charge in [-0.05, 0) is 67.7 Å². The molecule has 0 aliphatic carbocycles. The van der Waals surface area contributed by atoms with Gasteiger partial charge in [-0.2, -0.15) is 0 Å². The molecule has 4 nitrogen and oxygen atoms in total. The molecule has 0 saturated carbocycles. The second kappa shape index (κ2) is 9.55. The Morgan fingerprint density at radius 2 is 1.89 bits per heavy atom. The lowest BCUT2D eigenvalue weighted by molar-refractivity contribution is 0.0175. The van der Waals surface area contributed by atoms with Crippen molar-refractivity contribution in [3.8, 4) is 11.3 Å². The maximum absolute atomic E-state index is 13.8. The van der Waals surface area contributed by atoms with E-state index in [1.165, 1.54) is 24.1 Å². The van der Waals surface area contributed by atoms with Crippen LogP contribution in [0.1, 0.15) is 34.8 Å². The van der Waals surface area contributed by atoms with Gasteiger partial charge in [0.05, 0.1) is 16.8 Å². The number of hydrogen-bond donors (Lipinski definition) is 2. The lowest BCUT2D eigenvalue weighted by Gasteiger charge is -2.13. The maximum Gasteiger partial charge on any atom is 0.270 e. The van der Waals surface area contributed by atoms with Gasteiger partial charge in [-0.3, -0.25) is 4.79 Å². The van der Waals surface area contributed by atoms with Crippen molar-refractivity contribution >= 4 is 22.5 Å². The van der Waals surface area contributed by atoms with E-state index in [-0.39, 0.29) is 11.5 Å². The topological polar surface area (TPSA) is 54.0 Å². The van der Waals surface area contributed by atoms with Crippen molar-refractivity contribution in [1.82, 2.24) is 10.3 Å². The molecule has 1 saturated heterocycles. The molecule has 2 N–H and O–H groups in total. The molecule has 1 unspecified atom stereocenters. The lowest BCUT2D eigenvalue weighted by Crippen LogP contribution is -2.14. The van der Waals surface area contributed by atoms with Crippen molar-refractivity contribution in [2.24, 2.45) is 5.92 Å². The Hall–Kier alpha value is -3.64. The number of pyridine rings is 1. The third-order valence-electron chi connectivity index (χ3n) is 6.50. The van der Waals surface area contributed by atoms with E-state index in [2.05, 4.69) is 16.7 Å². The number of benzene rings is 3. The Labute approximate surface area is 203 Å². The van der Waals surface area contributed by atoms with Gasteiger partial charge in [-0.15, -0.1) is 0 Å². The van der Waals surface area contributed by atoms with Gasteiger partial charge >= 0.3 is 0 Å². The second-order valence-corrected chi connectivity index (χ2v) is 9.26. The van der Waals surface area contributed by atoms with Gasteiger partial charge in [-0.25, -0.2) is 13.8 Å². The molecule has 35 heavy (non-hydrogen) atoms. The molecule has 4 aromatic rings. The lowest BCUT2D eigenvalue weighted by atomic mass is 9.98. The van der Waals surface area contributed by atoms with Crippen LogP contribution in [0.2, 0.25) is 0 Å². The molecule has 1 aromatic heterocycles. The first-order valence-corrected chi connectivity index (χ1v) is 11.9. The molecular formula is C29H27F2N3O. The van der Waals surface area contributed by atoms with E-state index in [1.807, 2.05) is 36.4 Å². The standard InChI is InChI=1S/C29H27F2N3O/c1-29(30,31)23-8-3-7-22(17-23)26-12-11-21-6-4-10-25(27(21)34-26)28(35)33-24-9-2-5-19(16-24)15-20-13-14-32-18-20/h2-12,16-17,20,32H,13-15,18H2,1H3,(H,33,35). The summed E-state index contributed by atoms with van der Waals surface area (Å²) in [4.78, 5) is 18.0. The SMILES string of the molecule is CC(F)(F)c1cccc(-c2ccc3cccc(C(=O)Nc4cccc(CC5CCNC5)c4)c3n2)c1. The number of anilines is 1. The maximum atomic E-state index is 13.8. The number of halogens is 2. The number of carbonyl (C=O) groups is 1. The zero-order valence-electron chi connectivity index (χ0n) is 19.5. The van der Waals surface area contributed by atoms with Crippen molar-refractivity contribution in [3.63, 3.8) is 0 Å². The van der Waals surface area contributed by atoms with Crippen LogP contribution < -0.4 is 10.6 Å². The largest absolute Gasteiger partial charge is 0.322 e. The summed E-state index contributed by atoms with van der Waals surface area (Å²) in [5, 5.41) is 7.21. The molecule has 5 rings (SSSR count). The predicted molar refractivity (Wildman–Crippen MR) is 136 cm³/mol. The summed E-state index contributed by atoms with van der Waals surface area (Å²) in [6, 6.07) is 23.2. The Balaban J connectivity index is 1.43. The summed E-state index contributed by atoms with van der Waals surface area (Å²) < 4.78 is 27.7. The zero-order chi connectivity index (χ0) is 24.4. The average molecular weight is 472 g/mol. The smallest absolute Gasteiger partial charge is 0.270 e. The van der Waals surface area contributed by atoms with Crippen molar-refractivity contribution in [3.05, 3.63) is 95.6 Å². The van der Waals surface area contributed by atoms with Crippen LogP contribution in [-0.4, -0.2) is 24.0 Å². The summed E-state index contributed by atoms with van der Waals surface area (Å²) in [6.45, 7) is 2.96. The van der Waals surface area contributed by atoms with E-state index in [0.29, 0.717) is 28.3 Å². The first-order chi connectivity index (χ1) is 16.9. The van der Waals surface area contributed by atoms with Crippen molar-refractivity contribution in [2.75, 3.05) is 18.4 Å². The predicted octanol–water partition coefficient (Wildman–Crippen LogP) is 6.42. The Morgan fingerprint density at radius 3 is 2.69 bits per heavy atom. The minimum Gasteiger partial charge on any atom is -0.322 e. The van der Waals surface area contributed by atoms with Crippen molar-refractivity contribution in [2.45, 2.75) is 25.7 Å². The second-order valence-electron chi connectivity index (χ2n) is 9.26. The van der Waals surface area contributed by atoms with E-state index in [0.717, 1.165) is 37.5 Å². The highest BCUT2D eigenvalue weighted by molar-refractivity contribution is 6.12. The number of nitrogens with one attached hydrogen (secondary N) is 2. The molecule has 1 aliphatic rings. The van der Waals surface area contributed by atoms with E-state index < -0.39 is 5.92 Å². The number of carbonyl (C=O) groups excluding carboxylic acids is 1. The Bertz CT molecular complexity index is 1370. The highest BCUT2D eigenvalue weighted by Crippen LogP contribution is 2.31. The van der Waals surface area contributed by atoms with E-state index in [9.17, 15) is 13.6 Å². The van der Waals surface area contributed by atoms with Crippen molar-refractivity contribution in [1.29, 1.82) is 0 Å². The fourth-order valence-corrected chi connectivity index (χ4v) is 4.64. The summed E-state index contributed by atoms with van der Waals surface area (Å²) in [5.74, 6) is -2.58. The number of para-hydroxylation sites is 1. The summed E-state index contributed by atoms with van der Waals surface area (Å²) in [5.41, 5.74) is 3.95. The van der Waals surface area contributed by atoms with Crippen molar-refractivity contribution < 1.29 is 13.6 Å². The van der Waals surface area contributed by atoms with Gasteiger partial charge < -0.3 is 10.6 Å². The Kier molecular flexibility index (Phi) is 6.31. The van der Waals surface area contributed by atoms with Crippen LogP contribution in [0.15, 0.2) is 78.9 Å². The molecule has 2 heterocycles. The number of alkyl halides is 2. The molecule has 1 amide bonds. The quantitative estimate of drug-likeness (QED) is 0.341. The summed E-state index contributed by atoms with van der Waals surface area (Å²) in [6.07, 6.45) is 2.14. The third-order valence-corrected chi connectivity index (χ3v) is 6.50. The molecular weight excluding hydrogens is 444 g/mol. The number of hydrogen-bond acceptors (Lipinski definition) is 3. The van der Waals surface area contributed by atoms with Gasteiger partial charge in [0.15, 0.2) is 0 Å². The van der Waals surface area contributed by atoms with Gasteiger partial charge in [0, 0.05) is 29.1 Å². The van der Waals surface area contributed by atoms with Gasteiger partial charge in [0.2, 0.25) is 0 Å². The number of amides is 1. The number of aromatic nitrogens is 1. The monoisotopic (exact) mass is 471 g/mol. The highest BCUT2D eigenvalue weighted by Gasteiger charge is 2.24. The van der Waals surface area contributed by atoms with Crippen LogP contribution in [-0.2, 0) is 12.3 Å². The van der Waals surface area contributed by atoms with Crippen LogP contribution in [0.3, 0.4) is 0 Å². The molecule has 6 heteroatoms. The minimum absolute atomic E-state index is 0.0730. The fourth-order valence-electron chi connectivity index (χ4n) is 4.64. The number of fused-ring (bicyclic) bond motifs is 1. The Morgan fingerprint density at radius 1 is 1.06 bits per heavy atom. The van der Waals surface area contributed by atoms with Crippen LogP contribution in [0.5, 0.6) is 0 Å². The van der Waals surface area contributed by atoms with Crippen LogP contribution in [0, 0.1) is 5.92 Å². The average Bonchev–Trinajstić information content (AvgIpc) is 3.36. The summed E-state index contributed by atoms with van der Waals surface area (Å²) in [7, 11) is 0. The first-order valence-electron chi connectivity index (χ1n) is 11.9. The fraction of sp³-hybridized carbons (Fsp3) is 0.241. The van der Waals surface area contributed by atoms with E-state index >= 15 is 0 Å². The molecule has 178 valence electrons. The normalized spacial score (nSPS) is 15.9. The minimum atomic E-state index is -2.94. The first kappa shape index (κ1) is 23.1. The van der Waals surface area contributed by atoms with E-state index in [1.54, 1.807) is 24.3 Å². The molecule has 1 aliphatic heterocycles. The van der Waals surface area contributed by atoms with E-state index in [4.69, 9.17) is 4.98 Å². The molecule has 1 fully saturated rings. The molecule has 0 radical (unpaired) electrons. The van der Waals surface area contributed by atoms with Gasteiger partial charge in [0.1, 0.15) is 0 Å². The molecule has 0 bridgehead atoms. The van der Waals surface area contributed by atoms with Crippen LogP contribution >= 0.6 is 0 Å². The molecule has 1 atom stereocenters. The van der Waals surface area contributed by atoms with Gasteiger partial charge in [-0.1, -0.05) is 48.5 Å². The highest BCUT2D eigenvalue weighted by atomic mass is 19.3. The zero-order valence-corrected chi connectivity index (χ0v) is 19.5. The van der Waals surface area contributed by atoms with Gasteiger partial charge in [0.25, 0.3) is 11.8 Å². The molecule has 0 spiro atoms. The van der Waals surface area contributed by atoms with Crippen LogP contribution in [0.4, 0.5) is 14.5 Å². The number of rotatable bonds is 6. The molecule has 3 aromatic carbocycles. The third kappa shape index (κ3) is 5.23. The number of nitrogens with zero attached hydrogens (tertiary/aromatic N) is 1.